The van der Waals surface area contributed by atoms with Crippen molar-refractivity contribution in [2.24, 2.45) is 0 Å². The number of pyridine rings is 1. The summed E-state index contributed by atoms with van der Waals surface area (Å²) in [6.07, 6.45) is 3.47. The largest absolute Gasteiger partial charge is 0.392 e. The zero-order chi connectivity index (χ0) is 8.55. The molecule has 0 aromatic carbocycles. The number of aliphatic hydroxyl groups is 1. The highest BCUT2D eigenvalue weighted by Crippen LogP contribution is 2.22. The van der Waals surface area contributed by atoms with Crippen molar-refractivity contribution < 1.29 is 5.11 Å². The van der Waals surface area contributed by atoms with Gasteiger partial charge >= 0.3 is 0 Å². The summed E-state index contributed by atoms with van der Waals surface area (Å²) in [6, 6.07) is 2.10. The van der Waals surface area contributed by atoms with E-state index in [-0.39, 0.29) is 6.61 Å². The number of hydrogen-bond acceptors (Lipinski definition) is 2. The fourth-order valence-corrected chi connectivity index (χ4v) is 1.78. The molecule has 2 rings (SSSR count). The molecule has 0 aliphatic heterocycles. The van der Waals surface area contributed by atoms with Gasteiger partial charge in [0.25, 0.3) is 0 Å². The maximum atomic E-state index is 9.01. The topological polar surface area (TPSA) is 33.1 Å². The van der Waals surface area contributed by atoms with Crippen molar-refractivity contribution in [2.45, 2.75) is 32.8 Å². The molecule has 1 N–H and O–H groups in total. The van der Waals surface area contributed by atoms with Crippen molar-refractivity contribution in [3.05, 3.63) is 28.6 Å². The highest BCUT2D eigenvalue weighted by molar-refractivity contribution is 5.32. The average molecular weight is 163 g/mol. The zero-order valence-electron chi connectivity index (χ0n) is 7.30. The molecule has 0 atom stereocenters. The van der Waals surface area contributed by atoms with E-state index in [4.69, 9.17) is 5.11 Å². The van der Waals surface area contributed by atoms with Gasteiger partial charge in [0.1, 0.15) is 0 Å². The predicted molar refractivity (Wildman–Crippen MR) is 46.9 cm³/mol. The van der Waals surface area contributed by atoms with Crippen LogP contribution in [0.1, 0.15) is 28.9 Å². The van der Waals surface area contributed by atoms with Gasteiger partial charge in [0, 0.05) is 11.4 Å². The van der Waals surface area contributed by atoms with Gasteiger partial charge in [0.05, 0.1) is 6.61 Å². The molecule has 0 saturated heterocycles. The zero-order valence-corrected chi connectivity index (χ0v) is 7.30. The number of aliphatic hydroxyl groups excluding tert-OH is 1. The molecule has 1 aromatic heterocycles. The minimum atomic E-state index is 0.117. The van der Waals surface area contributed by atoms with Crippen LogP contribution in [0.5, 0.6) is 0 Å². The Morgan fingerprint density at radius 2 is 2.33 bits per heavy atom. The second-order valence-electron chi connectivity index (χ2n) is 3.35. The number of hydrogen-bond donors (Lipinski definition) is 1. The lowest BCUT2D eigenvalue weighted by molar-refractivity contribution is 0.280. The molecule has 1 heterocycles. The van der Waals surface area contributed by atoms with Crippen molar-refractivity contribution in [3.8, 4) is 0 Å². The van der Waals surface area contributed by atoms with E-state index in [0.717, 1.165) is 24.1 Å². The Bertz CT molecular complexity index is 306. The smallest absolute Gasteiger partial charge is 0.0699 e. The van der Waals surface area contributed by atoms with Gasteiger partial charge in [-0.3, -0.25) is 4.98 Å². The Balaban J connectivity index is 2.49. The first-order chi connectivity index (χ1) is 5.81. The van der Waals surface area contributed by atoms with Gasteiger partial charge in [0.15, 0.2) is 0 Å². The summed E-state index contributed by atoms with van der Waals surface area (Å²) in [5.41, 5.74) is 4.54. The fraction of sp³-hybridized carbons (Fsp3) is 0.500. The van der Waals surface area contributed by atoms with Crippen molar-refractivity contribution in [1.82, 2.24) is 4.98 Å². The highest BCUT2D eigenvalue weighted by atomic mass is 16.3. The summed E-state index contributed by atoms with van der Waals surface area (Å²) in [5.74, 6) is 0. The van der Waals surface area contributed by atoms with Crippen LogP contribution in [0.4, 0.5) is 0 Å². The Kier molecular flexibility index (Phi) is 1.85. The highest BCUT2D eigenvalue weighted by Gasteiger charge is 2.13. The van der Waals surface area contributed by atoms with E-state index in [2.05, 4.69) is 11.1 Å². The molecule has 2 heteroatoms. The normalized spacial score (nSPS) is 14.8. The second-order valence-corrected chi connectivity index (χ2v) is 3.35. The van der Waals surface area contributed by atoms with Crippen LogP contribution in [0.3, 0.4) is 0 Å². The third-order valence-corrected chi connectivity index (χ3v) is 2.52. The first-order valence-electron chi connectivity index (χ1n) is 4.40. The van der Waals surface area contributed by atoms with Crippen molar-refractivity contribution in [3.63, 3.8) is 0 Å². The van der Waals surface area contributed by atoms with E-state index < -0.39 is 0 Å². The lowest BCUT2D eigenvalue weighted by Crippen LogP contribution is -1.97. The summed E-state index contributed by atoms with van der Waals surface area (Å²) in [7, 11) is 0. The van der Waals surface area contributed by atoms with Crippen LogP contribution in [0.2, 0.25) is 0 Å². The molecule has 0 unspecified atom stereocenters. The summed E-state index contributed by atoms with van der Waals surface area (Å²) >= 11 is 0. The fourth-order valence-electron chi connectivity index (χ4n) is 1.78. The van der Waals surface area contributed by atoms with E-state index in [9.17, 15) is 0 Å². The van der Waals surface area contributed by atoms with Gasteiger partial charge < -0.3 is 5.11 Å². The second kappa shape index (κ2) is 2.87. The van der Waals surface area contributed by atoms with Crippen molar-refractivity contribution in [2.75, 3.05) is 0 Å². The molecule has 0 spiro atoms. The lowest BCUT2D eigenvalue weighted by Gasteiger charge is -2.05. The summed E-state index contributed by atoms with van der Waals surface area (Å²) in [6.45, 7) is 2.08. The van der Waals surface area contributed by atoms with Gasteiger partial charge in [-0.2, -0.15) is 0 Å². The van der Waals surface area contributed by atoms with Gasteiger partial charge in [-0.25, -0.2) is 0 Å². The molecule has 0 radical (unpaired) electrons. The average Bonchev–Trinajstić information content (AvgIpc) is 2.49. The van der Waals surface area contributed by atoms with E-state index in [0.29, 0.717) is 0 Å². The van der Waals surface area contributed by atoms with Crippen LogP contribution < -0.4 is 0 Å². The van der Waals surface area contributed by atoms with Gasteiger partial charge in [-0.1, -0.05) is 0 Å². The van der Waals surface area contributed by atoms with Crippen LogP contribution in [-0.4, -0.2) is 10.1 Å². The first kappa shape index (κ1) is 7.74. The minimum absolute atomic E-state index is 0.117. The van der Waals surface area contributed by atoms with E-state index >= 15 is 0 Å². The Morgan fingerprint density at radius 1 is 1.50 bits per heavy atom. The number of nitrogens with zero attached hydrogens (tertiary/aromatic N) is 1. The molecule has 1 aliphatic carbocycles. The molecule has 1 aliphatic rings. The van der Waals surface area contributed by atoms with Crippen molar-refractivity contribution in [1.29, 1.82) is 0 Å². The molecule has 2 nitrogen and oxygen atoms in total. The van der Waals surface area contributed by atoms with Crippen LogP contribution in [0, 0.1) is 6.92 Å². The Hall–Kier alpha value is -0.890. The lowest BCUT2D eigenvalue weighted by atomic mass is 10.1. The third kappa shape index (κ3) is 1.12. The molecule has 1 aromatic rings. The van der Waals surface area contributed by atoms with Crippen LogP contribution >= 0.6 is 0 Å². The van der Waals surface area contributed by atoms with E-state index in [1.165, 1.54) is 17.7 Å². The number of fused-ring (bicyclic) bond motifs is 1. The number of aromatic nitrogens is 1. The van der Waals surface area contributed by atoms with Crippen molar-refractivity contribution >= 4 is 0 Å². The predicted octanol–water partition coefficient (Wildman–Crippen LogP) is 1.37. The molecule has 0 fully saturated rings. The maximum Gasteiger partial charge on any atom is 0.0699 e. The quantitative estimate of drug-likeness (QED) is 0.678. The van der Waals surface area contributed by atoms with Gasteiger partial charge in [-0.15, -0.1) is 0 Å². The molecule has 0 saturated carbocycles. The van der Waals surface area contributed by atoms with Crippen LogP contribution in [-0.2, 0) is 19.4 Å². The SMILES string of the molecule is Cc1nc2c(cc1CO)CCC2. The van der Waals surface area contributed by atoms with Crippen LogP contribution in [0.25, 0.3) is 0 Å². The first-order valence-corrected chi connectivity index (χ1v) is 4.40. The van der Waals surface area contributed by atoms with E-state index in [1.54, 1.807) is 0 Å². The Morgan fingerprint density at radius 3 is 3.08 bits per heavy atom. The summed E-state index contributed by atoms with van der Waals surface area (Å²) in [4.78, 5) is 4.46. The Labute approximate surface area is 72.3 Å². The summed E-state index contributed by atoms with van der Waals surface area (Å²) in [5, 5.41) is 9.01. The van der Waals surface area contributed by atoms with Crippen LogP contribution in [0.15, 0.2) is 6.07 Å². The monoisotopic (exact) mass is 163 g/mol. The third-order valence-electron chi connectivity index (χ3n) is 2.52. The minimum Gasteiger partial charge on any atom is -0.392 e. The number of aryl methyl sites for hydroxylation is 3. The number of rotatable bonds is 1. The standard InChI is InChI=1S/C10H13NO/c1-7-9(6-12)5-8-3-2-4-10(8)11-7/h5,12H,2-4,6H2,1H3. The van der Waals surface area contributed by atoms with Gasteiger partial charge in [-0.05, 0) is 43.4 Å². The van der Waals surface area contributed by atoms with Gasteiger partial charge in [0.2, 0.25) is 0 Å². The maximum absolute atomic E-state index is 9.01. The van der Waals surface area contributed by atoms with E-state index in [1.807, 2.05) is 6.92 Å². The molecule has 64 valence electrons. The molecule has 0 amide bonds. The molecular weight excluding hydrogens is 150 g/mol. The summed E-state index contributed by atoms with van der Waals surface area (Å²) < 4.78 is 0. The molecular formula is C10H13NO. The molecule has 12 heavy (non-hydrogen) atoms. The molecule has 0 bridgehead atoms.